The fourth-order valence-electron chi connectivity index (χ4n) is 4.09. The highest BCUT2D eigenvalue weighted by Gasteiger charge is 2.22. The van der Waals surface area contributed by atoms with Crippen LogP contribution in [0.5, 0.6) is 0 Å². The van der Waals surface area contributed by atoms with E-state index < -0.39 is 0 Å². The van der Waals surface area contributed by atoms with Gasteiger partial charge in [0.1, 0.15) is 5.82 Å². The number of nitrogens with zero attached hydrogens (tertiary/aromatic N) is 3. The van der Waals surface area contributed by atoms with E-state index in [1.54, 1.807) is 0 Å². The predicted molar refractivity (Wildman–Crippen MR) is 97.2 cm³/mol. The van der Waals surface area contributed by atoms with E-state index in [0.717, 1.165) is 18.9 Å². The van der Waals surface area contributed by atoms with Crippen LogP contribution in [-0.4, -0.2) is 46.3 Å². The Hall–Kier alpha value is -1.88. The van der Waals surface area contributed by atoms with Crippen LogP contribution in [0.2, 0.25) is 0 Å². The number of nitrogens with one attached hydrogen (secondary N) is 2. The monoisotopic (exact) mass is 325 g/mol. The van der Waals surface area contributed by atoms with Gasteiger partial charge in [0, 0.05) is 29.4 Å². The van der Waals surface area contributed by atoms with Gasteiger partial charge in [0.15, 0.2) is 0 Å². The number of hydrogen-bond acceptors (Lipinski definition) is 4. The summed E-state index contributed by atoms with van der Waals surface area (Å²) in [5.74, 6) is 1.63. The third-order valence-electron chi connectivity index (χ3n) is 5.57. The third-order valence-corrected chi connectivity index (χ3v) is 5.57. The highest BCUT2D eigenvalue weighted by Crippen LogP contribution is 2.38. The molecule has 5 heteroatoms. The van der Waals surface area contributed by atoms with Gasteiger partial charge in [-0.05, 0) is 63.5 Å². The molecule has 0 aromatic carbocycles. The van der Waals surface area contributed by atoms with Crippen molar-refractivity contribution < 1.29 is 0 Å². The second-order valence-electron chi connectivity index (χ2n) is 7.33. The van der Waals surface area contributed by atoms with Crippen LogP contribution in [0.4, 0.5) is 5.82 Å². The quantitative estimate of drug-likeness (QED) is 0.901. The summed E-state index contributed by atoms with van der Waals surface area (Å²) in [6, 6.07) is 4.81. The van der Waals surface area contributed by atoms with Gasteiger partial charge in [0.05, 0.1) is 6.20 Å². The molecule has 128 valence electrons. The Kier molecular flexibility index (Phi) is 4.52. The molecule has 0 spiro atoms. The summed E-state index contributed by atoms with van der Waals surface area (Å²) in [5, 5.41) is 11.2. The maximum atomic E-state index is 4.53. The first-order chi connectivity index (χ1) is 11.8. The third kappa shape index (κ3) is 3.31. The predicted octanol–water partition coefficient (Wildman–Crippen LogP) is 3.64. The van der Waals surface area contributed by atoms with Crippen molar-refractivity contribution in [3.05, 3.63) is 30.2 Å². The van der Waals surface area contributed by atoms with E-state index in [2.05, 4.69) is 44.6 Å². The number of likely N-dealkylation sites (tertiary alicyclic amines) is 1. The van der Waals surface area contributed by atoms with E-state index in [9.17, 15) is 0 Å². The van der Waals surface area contributed by atoms with E-state index in [1.165, 1.54) is 55.3 Å². The van der Waals surface area contributed by atoms with Crippen LogP contribution in [0.15, 0.2) is 24.5 Å². The lowest BCUT2D eigenvalue weighted by Gasteiger charge is -2.29. The number of pyridine rings is 1. The highest BCUT2D eigenvalue weighted by molar-refractivity contribution is 5.68. The molecule has 1 aliphatic heterocycles. The van der Waals surface area contributed by atoms with Crippen LogP contribution >= 0.6 is 0 Å². The van der Waals surface area contributed by atoms with Crippen LogP contribution in [-0.2, 0) is 0 Å². The number of H-pyrrole nitrogens is 1. The van der Waals surface area contributed by atoms with Crippen LogP contribution in [0.3, 0.4) is 0 Å². The molecule has 4 rings (SSSR count). The largest absolute Gasteiger partial charge is 0.367 e. The number of anilines is 1. The molecule has 0 atom stereocenters. The van der Waals surface area contributed by atoms with Gasteiger partial charge >= 0.3 is 0 Å². The molecular formula is C19H27N5. The highest BCUT2D eigenvalue weighted by atomic mass is 15.1. The van der Waals surface area contributed by atoms with Gasteiger partial charge in [0.25, 0.3) is 0 Å². The lowest BCUT2D eigenvalue weighted by molar-refractivity contribution is 0.263. The number of rotatable bonds is 4. The van der Waals surface area contributed by atoms with Crippen LogP contribution in [0.25, 0.3) is 11.1 Å². The zero-order valence-corrected chi connectivity index (χ0v) is 14.5. The minimum Gasteiger partial charge on any atom is -0.367 e. The summed E-state index contributed by atoms with van der Waals surface area (Å²) in [5.41, 5.74) is 3.77. The number of piperidine rings is 1. The van der Waals surface area contributed by atoms with Gasteiger partial charge in [0.2, 0.25) is 0 Å². The van der Waals surface area contributed by atoms with E-state index in [-0.39, 0.29) is 0 Å². The molecule has 2 aromatic heterocycles. The Morgan fingerprint density at radius 3 is 2.75 bits per heavy atom. The molecule has 1 aliphatic carbocycles. The van der Waals surface area contributed by atoms with Crippen molar-refractivity contribution in [2.75, 3.05) is 25.5 Å². The topological polar surface area (TPSA) is 56.8 Å². The van der Waals surface area contributed by atoms with Crippen molar-refractivity contribution in [1.29, 1.82) is 0 Å². The fraction of sp³-hybridized carbons (Fsp3) is 0.579. The molecule has 1 saturated carbocycles. The number of aromatic amines is 1. The molecule has 2 aromatic rings. The van der Waals surface area contributed by atoms with Crippen molar-refractivity contribution in [2.24, 2.45) is 0 Å². The summed E-state index contributed by atoms with van der Waals surface area (Å²) >= 11 is 0. The molecule has 2 aliphatic rings. The van der Waals surface area contributed by atoms with Gasteiger partial charge in [-0.2, -0.15) is 5.10 Å². The molecule has 2 N–H and O–H groups in total. The Bertz CT molecular complexity index is 666. The van der Waals surface area contributed by atoms with Gasteiger partial charge in [-0.25, -0.2) is 4.98 Å². The van der Waals surface area contributed by atoms with Gasteiger partial charge < -0.3 is 10.2 Å². The van der Waals surface area contributed by atoms with Gasteiger partial charge in [-0.15, -0.1) is 0 Å². The second-order valence-corrected chi connectivity index (χ2v) is 7.33. The molecule has 1 saturated heterocycles. The molecule has 0 amide bonds. The van der Waals surface area contributed by atoms with Crippen LogP contribution in [0.1, 0.15) is 50.1 Å². The van der Waals surface area contributed by atoms with E-state index in [0.29, 0.717) is 12.0 Å². The molecule has 5 nitrogen and oxygen atoms in total. The Balaban J connectivity index is 1.52. The first-order valence-electron chi connectivity index (χ1n) is 9.24. The van der Waals surface area contributed by atoms with Crippen molar-refractivity contribution >= 4 is 5.82 Å². The lowest BCUT2D eigenvalue weighted by Crippen LogP contribution is -2.36. The fourth-order valence-corrected chi connectivity index (χ4v) is 4.09. The molecule has 3 heterocycles. The van der Waals surface area contributed by atoms with Crippen LogP contribution < -0.4 is 5.32 Å². The van der Waals surface area contributed by atoms with Crippen molar-refractivity contribution in [1.82, 2.24) is 20.1 Å². The molecule has 0 unspecified atom stereocenters. The summed E-state index contributed by atoms with van der Waals surface area (Å²) in [7, 11) is 2.19. The van der Waals surface area contributed by atoms with Crippen LogP contribution in [0, 0.1) is 0 Å². The Morgan fingerprint density at radius 2 is 1.96 bits per heavy atom. The minimum atomic E-state index is 0.530. The maximum Gasteiger partial charge on any atom is 0.126 e. The SMILES string of the molecule is CN1CCC(Nc2cc(-c3cn[nH]c3C3CCCC3)ccn2)CC1. The molecular weight excluding hydrogens is 298 g/mol. The molecule has 0 radical (unpaired) electrons. The first kappa shape index (κ1) is 15.6. The normalized spacial score (nSPS) is 20.5. The summed E-state index contributed by atoms with van der Waals surface area (Å²) < 4.78 is 0. The zero-order chi connectivity index (χ0) is 16.4. The van der Waals surface area contributed by atoms with Gasteiger partial charge in [-0.3, -0.25) is 5.10 Å². The first-order valence-corrected chi connectivity index (χ1v) is 9.24. The van der Waals surface area contributed by atoms with E-state index >= 15 is 0 Å². The second kappa shape index (κ2) is 6.93. The number of aromatic nitrogens is 3. The standard InChI is InChI=1S/C19H27N5/c1-24-10-7-16(8-11-24)22-18-12-15(6-9-20-18)17-13-21-23-19(17)14-4-2-3-5-14/h6,9,12-14,16H,2-5,7-8,10-11H2,1H3,(H,20,22)(H,21,23). The van der Waals surface area contributed by atoms with E-state index in [1.807, 2.05) is 12.4 Å². The van der Waals surface area contributed by atoms with Gasteiger partial charge in [-0.1, -0.05) is 12.8 Å². The minimum absolute atomic E-state index is 0.530. The van der Waals surface area contributed by atoms with E-state index in [4.69, 9.17) is 0 Å². The molecule has 0 bridgehead atoms. The number of hydrogen-bond donors (Lipinski definition) is 2. The Labute approximate surface area is 143 Å². The lowest BCUT2D eigenvalue weighted by atomic mass is 9.97. The molecule has 2 fully saturated rings. The average molecular weight is 325 g/mol. The molecule has 24 heavy (non-hydrogen) atoms. The van der Waals surface area contributed by atoms with Crippen molar-refractivity contribution in [3.8, 4) is 11.1 Å². The van der Waals surface area contributed by atoms with Crippen molar-refractivity contribution in [3.63, 3.8) is 0 Å². The van der Waals surface area contributed by atoms with Crippen molar-refractivity contribution in [2.45, 2.75) is 50.5 Å². The zero-order valence-electron chi connectivity index (χ0n) is 14.5. The Morgan fingerprint density at radius 1 is 1.17 bits per heavy atom. The maximum absolute atomic E-state index is 4.53. The summed E-state index contributed by atoms with van der Waals surface area (Å²) in [6.07, 6.45) is 11.5. The summed E-state index contributed by atoms with van der Waals surface area (Å²) in [6.45, 7) is 2.32. The summed E-state index contributed by atoms with van der Waals surface area (Å²) in [4.78, 5) is 6.92. The smallest absolute Gasteiger partial charge is 0.126 e. The average Bonchev–Trinajstić information content (AvgIpc) is 3.28.